The summed E-state index contributed by atoms with van der Waals surface area (Å²) in [4.78, 5) is 23.0. The first kappa shape index (κ1) is 17.6. The molecule has 0 aliphatic carbocycles. The van der Waals surface area contributed by atoms with Crippen LogP contribution in [0.2, 0.25) is 0 Å². The summed E-state index contributed by atoms with van der Waals surface area (Å²) in [6.07, 6.45) is -0.521. The van der Waals surface area contributed by atoms with Crippen LogP contribution in [0.5, 0.6) is 5.75 Å². The molecular weight excluding hydrogens is 286 g/mol. The van der Waals surface area contributed by atoms with Gasteiger partial charge < -0.3 is 14.8 Å². The van der Waals surface area contributed by atoms with Gasteiger partial charge in [-0.3, -0.25) is 4.79 Å². The van der Waals surface area contributed by atoms with Crippen molar-refractivity contribution in [2.75, 3.05) is 6.54 Å². The number of ether oxygens (including phenoxy) is 2. The SMILES string of the molecule is CC(C)(C)OC(=O)NCCC(=O)Oc1ccc(CN=N)cc1. The Labute approximate surface area is 129 Å². The van der Waals surface area contributed by atoms with E-state index in [0.717, 1.165) is 5.56 Å². The average molecular weight is 307 g/mol. The molecule has 22 heavy (non-hydrogen) atoms. The molecule has 0 aliphatic rings. The smallest absolute Gasteiger partial charge is 0.407 e. The zero-order valence-corrected chi connectivity index (χ0v) is 13.0. The molecule has 0 atom stereocenters. The number of amides is 1. The van der Waals surface area contributed by atoms with Crippen molar-refractivity contribution < 1.29 is 19.1 Å². The van der Waals surface area contributed by atoms with Crippen LogP contribution in [-0.2, 0) is 16.1 Å². The topological polar surface area (TPSA) is 101 Å². The normalized spacial score (nSPS) is 10.7. The monoisotopic (exact) mass is 307 g/mol. The summed E-state index contributed by atoms with van der Waals surface area (Å²) in [6, 6.07) is 6.75. The zero-order chi connectivity index (χ0) is 16.6. The van der Waals surface area contributed by atoms with Gasteiger partial charge in [-0.1, -0.05) is 12.1 Å². The fourth-order valence-corrected chi connectivity index (χ4v) is 1.52. The van der Waals surface area contributed by atoms with Crippen molar-refractivity contribution in [3.63, 3.8) is 0 Å². The second-order valence-corrected chi connectivity index (χ2v) is 5.61. The van der Waals surface area contributed by atoms with Crippen LogP contribution in [-0.4, -0.2) is 24.2 Å². The van der Waals surface area contributed by atoms with Crippen LogP contribution in [0.1, 0.15) is 32.8 Å². The molecule has 0 bridgehead atoms. The molecule has 0 aromatic heterocycles. The Morgan fingerprint density at radius 2 is 1.86 bits per heavy atom. The average Bonchev–Trinajstić information content (AvgIpc) is 2.39. The second-order valence-electron chi connectivity index (χ2n) is 5.61. The maximum absolute atomic E-state index is 11.6. The Kier molecular flexibility index (Phi) is 6.49. The summed E-state index contributed by atoms with van der Waals surface area (Å²) in [5.74, 6) is -0.0370. The van der Waals surface area contributed by atoms with Crippen molar-refractivity contribution in [2.24, 2.45) is 5.11 Å². The van der Waals surface area contributed by atoms with Crippen molar-refractivity contribution in [3.05, 3.63) is 29.8 Å². The minimum Gasteiger partial charge on any atom is -0.444 e. The maximum atomic E-state index is 11.6. The summed E-state index contributed by atoms with van der Waals surface area (Å²) in [7, 11) is 0. The number of carbonyl (C=O) groups excluding carboxylic acids is 2. The highest BCUT2D eigenvalue weighted by molar-refractivity contribution is 5.74. The van der Waals surface area contributed by atoms with Crippen molar-refractivity contribution in [3.8, 4) is 5.75 Å². The largest absolute Gasteiger partial charge is 0.444 e. The molecule has 0 unspecified atom stereocenters. The molecular formula is C15H21N3O4. The van der Waals surface area contributed by atoms with Gasteiger partial charge in [0.25, 0.3) is 0 Å². The van der Waals surface area contributed by atoms with Gasteiger partial charge in [-0.05, 0) is 38.5 Å². The summed E-state index contributed by atoms with van der Waals surface area (Å²) in [6.45, 7) is 5.73. The molecule has 1 amide bonds. The summed E-state index contributed by atoms with van der Waals surface area (Å²) >= 11 is 0. The molecule has 7 nitrogen and oxygen atoms in total. The molecule has 0 saturated heterocycles. The van der Waals surface area contributed by atoms with Gasteiger partial charge in [0.05, 0.1) is 13.0 Å². The Bertz CT molecular complexity index is 521. The van der Waals surface area contributed by atoms with E-state index in [1.165, 1.54) is 0 Å². The van der Waals surface area contributed by atoms with E-state index in [4.69, 9.17) is 15.0 Å². The number of carbonyl (C=O) groups is 2. The van der Waals surface area contributed by atoms with Crippen LogP contribution in [0.4, 0.5) is 4.79 Å². The van der Waals surface area contributed by atoms with Gasteiger partial charge in [-0.25, -0.2) is 10.3 Å². The number of rotatable bonds is 6. The van der Waals surface area contributed by atoms with Gasteiger partial charge in [0, 0.05) is 6.54 Å². The number of alkyl carbamates (subject to hydrolysis) is 1. The third-order valence-corrected chi connectivity index (χ3v) is 2.41. The van der Waals surface area contributed by atoms with E-state index < -0.39 is 17.7 Å². The molecule has 0 radical (unpaired) electrons. The molecule has 0 fully saturated rings. The molecule has 1 aromatic carbocycles. The van der Waals surface area contributed by atoms with Gasteiger partial charge in [-0.15, -0.1) is 0 Å². The minimum atomic E-state index is -0.572. The summed E-state index contributed by atoms with van der Waals surface area (Å²) in [5.41, 5.74) is 7.06. The summed E-state index contributed by atoms with van der Waals surface area (Å²) < 4.78 is 10.2. The highest BCUT2D eigenvalue weighted by atomic mass is 16.6. The molecule has 1 rings (SSSR count). The molecule has 0 heterocycles. The maximum Gasteiger partial charge on any atom is 0.407 e. The first-order chi connectivity index (χ1) is 10.3. The lowest BCUT2D eigenvalue weighted by molar-refractivity contribution is -0.134. The second kappa shape index (κ2) is 8.11. The molecule has 2 N–H and O–H groups in total. The van der Waals surface area contributed by atoms with E-state index >= 15 is 0 Å². The van der Waals surface area contributed by atoms with Crippen LogP contribution >= 0.6 is 0 Å². The number of esters is 1. The minimum absolute atomic E-state index is 0.0447. The highest BCUT2D eigenvalue weighted by Crippen LogP contribution is 2.13. The van der Waals surface area contributed by atoms with Crippen LogP contribution < -0.4 is 10.1 Å². The van der Waals surface area contributed by atoms with Crippen LogP contribution in [0.25, 0.3) is 0 Å². The Morgan fingerprint density at radius 3 is 2.41 bits per heavy atom. The van der Waals surface area contributed by atoms with Gasteiger partial charge in [0.2, 0.25) is 0 Å². The predicted molar refractivity (Wildman–Crippen MR) is 79.8 cm³/mol. The molecule has 7 heteroatoms. The lowest BCUT2D eigenvalue weighted by Gasteiger charge is -2.19. The lowest BCUT2D eigenvalue weighted by Crippen LogP contribution is -2.34. The van der Waals surface area contributed by atoms with Crippen molar-refractivity contribution in [2.45, 2.75) is 39.3 Å². The van der Waals surface area contributed by atoms with Crippen LogP contribution in [0, 0.1) is 5.53 Å². The van der Waals surface area contributed by atoms with Crippen molar-refractivity contribution in [1.82, 2.24) is 5.32 Å². The van der Waals surface area contributed by atoms with Gasteiger partial charge in [0.1, 0.15) is 11.4 Å². The fraction of sp³-hybridized carbons (Fsp3) is 0.467. The first-order valence-corrected chi connectivity index (χ1v) is 6.90. The molecule has 120 valence electrons. The van der Waals surface area contributed by atoms with Crippen LogP contribution in [0.15, 0.2) is 29.4 Å². The number of benzene rings is 1. The standard InChI is InChI=1S/C15H21N3O4/c1-15(2,3)22-14(20)17-9-8-13(19)21-12-6-4-11(5-7-12)10-18-16/h4-7,16H,8-10H2,1-3H3,(H,17,20). The molecule has 0 spiro atoms. The molecule has 0 saturated carbocycles. The highest BCUT2D eigenvalue weighted by Gasteiger charge is 2.16. The first-order valence-electron chi connectivity index (χ1n) is 6.90. The molecule has 0 aliphatic heterocycles. The molecule has 1 aromatic rings. The zero-order valence-electron chi connectivity index (χ0n) is 13.0. The number of hydrogen-bond acceptors (Lipinski definition) is 6. The Hall–Kier alpha value is -2.44. The Morgan fingerprint density at radius 1 is 1.23 bits per heavy atom. The van der Waals surface area contributed by atoms with Crippen molar-refractivity contribution in [1.29, 1.82) is 5.53 Å². The predicted octanol–water partition coefficient (Wildman–Crippen LogP) is 3.04. The van der Waals surface area contributed by atoms with E-state index in [2.05, 4.69) is 10.4 Å². The van der Waals surface area contributed by atoms with E-state index in [-0.39, 0.29) is 13.0 Å². The number of hydrogen-bond donors (Lipinski definition) is 2. The Balaban J connectivity index is 2.31. The van der Waals surface area contributed by atoms with Gasteiger partial charge in [-0.2, -0.15) is 5.11 Å². The number of nitrogens with one attached hydrogen (secondary N) is 2. The third-order valence-electron chi connectivity index (χ3n) is 2.41. The van der Waals surface area contributed by atoms with Crippen LogP contribution in [0.3, 0.4) is 0 Å². The van der Waals surface area contributed by atoms with E-state index in [9.17, 15) is 9.59 Å². The lowest BCUT2D eigenvalue weighted by atomic mass is 10.2. The van der Waals surface area contributed by atoms with E-state index in [1.54, 1.807) is 45.0 Å². The fourth-order valence-electron chi connectivity index (χ4n) is 1.52. The third kappa shape index (κ3) is 7.37. The number of nitrogens with zero attached hydrogens (tertiary/aromatic N) is 1. The summed E-state index contributed by atoms with van der Waals surface area (Å²) in [5, 5.41) is 5.76. The van der Waals surface area contributed by atoms with E-state index in [0.29, 0.717) is 12.3 Å². The van der Waals surface area contributed by atoms with E-state index in [1.807, 2.05) is 0 Å². The quantitative estimate of drug-likeness (QED) is 0.479. The van der Waals surface area contributed by atoms with Gasteiger partial charge in [0.15, 0.2) is 0 Å². The van der Waals surface area contributed by atoms with Gasteiger partial charge >= 0.3 is 12.1 Å². The van der Waals surface area contributed by atoms with Crippen molar-refractivity contribution >= 4 is 12.1 Å².